The molecule has 0 atom stereocenters. The summed E-state index contributed by atoms with van der Waals surface area (Å²) in [6.07, 6.45) is 4.03. The van der Waals surface area contributed by atoms with Gasteiger partial charge in [-0.25, -0.2) is 0 Å². The van der Waals surface area contributed by atoms with Crippen molar-refractivity contribution < 1.29 is 9.94 Å². The quantitative estimate of drug-likeness (QED) is 0.678. The van der Waals surface area contributed by atoms with Crippen LogP contribution in [0.25, 0.3) is 0 Å². The van der Waals surface area contributed by atoms with Crippen LogP contribution in [-0.2, 0) is 4.84 Å². The Labute approximate surface area is 80.6 Å². The van der Waals surface area contributed by atoms with Crippen LogP contribution in [0.1, 0.15) is 39.5 Å². The molecule has 3 nitrogen and oxygen atoms in total. The number of aliphatic hydroxyl groups excluding tert-OH is 1. The Balaban J connectivity index is 2.21. The fourth-order valence-electron chi connectivity index (χ4n) is 1.73. The first-order valence-electron chi connectivity index (χ1n) is 5.36. The molecular formula is C10H21NO2. The molecule has 1 N–H and O–H groups in total. The van der Waals surface area contributed by atoms with E-state index < -0.39 is 0 Å². The van der Waals surface area contributed by atoms with E-state index >= 15 is 0 Å². The third kappa shape index (κ3) is 3.63. The van der Waals surface area contributed by atoms with E-state index in [0.29, 0.717) is 6.10 Å². The van der Waals surface area contributed by atoms with Crippen LogP contribution in [0.15, 0.2) is 0 Å². The van der Waals surface area contributed by atoms with Gasteiger partial charge < -0.3 is 5.11 Å². The van der Waals surface area contributed by atoms with E-state index in [0.717, 1.165) is 38.8 Å². The molecule has 0 unspecified atom stereocenters. The van der Waals surface area contributed by atoms with E-state index in [4.69, 9.17) is 4.84 Å². The van der Waals surface area contributed by atoms with Crippen molar-refractivity contribution in [1.82, 2.24) is 5.06 Å². The molecular weight excluding hydrogens is 166 g/mol. The van der Waals surface area contributed by atoms with E-state index in [1.807, 2.05) is 5.06 Å². The monoisotopic (exact) mass is 187 g/mol. The summed E-state index contributed by atoms with van der Waals surface area (Å²) in [7, 11) is 0. The maximum absolute atomic E-state index is 9.31. The van der Waals surface area contributed by atoms with Crippen LogP contribution in [0.3, 0.4) is 0 Å². The van der Waals surface area contributed by atoms with Crippen LogP contribution in [0.2, 0.25) is 0 Å². The van der Waals surface area contributed by atoms with Gasteiger partial charge in [0.2, 0.25) is 0 Å². The van der Waals surface area contributed by atoms with Crippen LogP contribution in [0.4, 0.5) is 0 Å². The lowest BCUT2D eigenvalue weighted by Gasteiger charge is -2.29. The topological polar surface area (TPSA) is 32.7 Å². The molecule has 0 bridgehead atoms. The van der Waals surface area contributed by atoms with Gasteiger partial charge in [-0.15, -0.1) is 0 Å². The van der Waals surface area contributed by atoms with Gasteiger partial charge >= 0.3 is 0 Å². The summed E-state index contributed by atoms with van der Waals surface area (Å²) in [4.78, 5) is 5.76. The van der Waals surface area contributed by atoms with Crippen LogP contribution in [0.5, 0.6) is 0 Å². The van der Waals surface area contributed by atoms with Gasteiger partial charge in [0.1, 0.15) is 0 Å². The Kier molecular flexibility index (Phi) is 4.70. The summed E-state index contributed by atoms with van der Waals surface area (Å²) in [6, 6.07) is 0. The summed E-state index contributed by atoms with van der Waals surface area (Å²) >= 11 is 0. The van der Waals surface area contributed by atoms with Crippen molar-refractivity contribution in [3.05, 3.63) is 0 Å². The van der Waals surface area contributed by atoms with Crippen molar-refractivity contribution >= 4 is 0 Å². The smallest absolute Gasteiger partial charge is 0.0795 e. The van der Waals surface area contributed by atoms with Gasteiger partial charge in [0.25, 0.3) is 0 Å². The highest BCUT2D eigenvalue weighted by atomic mass is 16.7. The third-order valence-electron chi connectivity index (χ3n) is 2.65. The minimum atomic E-state index is -0.0865. The summed E-state index contributed by atoms with van der Waals surface area (Å²) in [5.41, 5.74) is 0. The second-order valence-corrected chi connectivity index (χ2v) is 3.65. The number of hydrogen-bond acceptors (Lipinski definition) is 3. The molecule has 1 fully saturated rings. The van der Waals surface area contributed by atoms with Gasteiger partial charge in [-0.1, -0.05) is 13.8 Å². The zero-order valence-corrected chi connectivity index (χ0v) is 8.70. The molecule has 0 aliphatic heterocycles. The maximum Gasteiger partial charge on any atom is 0.0795 e. The predicted molar refractivity (Wildman–Crippen MR) is 52.3 cm³/mol. The van der Waals surface area contributed by atoms with Gasteiger partial charge in [0.05, 0.1) is 12.2 Å². The molecule has 3 heteroatoms. The first kappa shape index (κ1) is 11.0. The zero-order valence-electron chi connectivity index (χ0n) is 8.70. The normalized spacial score (nSPS) is 29.5. The summed E-state index contributed by atoms with van der Waals surface area (Å²) in [5.74, 6) is 0. The molecule has 1 saturated carbocycles. The lowest BCUT2D eigenvalue weighted by molar-refractivity contribution is -0.204. The Hall–Kier alpha value is -0.120. The van der Waals surface area contributed by atoms with Gasteiger partial charge in [0, 0.05) is 13.1 Å². The molecule has 0 amide bonds. The highest BCUT2D eigenvalue weighted by molar-refractivity contribution is 4.71. The molecule has 78 valence electrons. The summed E-state index contributed by atoms with van der Waals surface area (Å²) < 4.78 is 0. The number of hydrogen-bond donors (Lipinski definition) is 1. The Morgan fingerprint density at radius 3 is 2.15 bits per heavy atom. The minimum Gasteiger partial charge on any atom is -0.393 e. The van der Waals surface area contributed by atoms with Crippen LogP contribution in [0, 0.1) is 0 Å². The molecule has 13 heavy (non-hydrogen) atoms. The number of rotatable bonds is 4. The lowest BCUT2D eigenvalue weighted by Crippen LogP contribution is -2.33. The molecule has 0 radical (unpaired) electrons. The van der Waals surface area contributed by atoms with Crippen molar-refractivity contribution in [3.63, 3.8) is 0 Å². The predicted octanol–water partition coefficient (Wildman–Crippen LogP) is 1.56. The number of nitrogens with zero attached hydrogens (tertiary/aromatic N) is 1. The third-order valence-corrected chi connectivity index (χ3v) is 2.65. The average Bonchev–Trinajstić information content (AvgIpc) is 2.17. The Morgan fingerprint density at radius 2 is 1.69 bits per heavy atom. The number of aliphatic hydroxyl groups is 1. The SMILES string of the molecule is CCN(CC)OC1CCC(O)CC1. The van der Waals surface area contributed by atoms with Crippen LogP contribution >= 0.6 is 0 Å². The van der Waals surface area contributed by atoms with E-state index in [9.17, 15) is 5.11 Å². The minimum absolute atomic E-state index is 0.0865. The van der Waals surface area contributed by atoms with Crippen molar-refractivity contribution in [2.24, 2.45) is 0 Å². The second-order valence-electron chi connectivity index (χ2n) is 3.65. The van der Waals surface area contributed by atoms with Crippen molar-refractivity contribution in [1.29, 1.82) is 0 Å². The van der Waals surface area contributed by atoms with Crippen molar-refractivity contribution in [2.75, 3.05) is 13.1 Å². The van der Waals surface area contributed by atoms with Crippen molar-refractivity contribution in [2.45, 2.75) is 51.7 Å². The fraction of sp³-hybridized carbons (Fsp3) is 1.00. The Morgan fingerprint density at radius 1 is 1.15 bits per heavy atom. The van der Waals surface area contributed by atoms with Gasteiger partial charge in [-0.3, -0.25) is 4.84 Å². The number of hydroxylamine groups is 2. The van der Waals surface area contributed by atoms with Crippen LogP contribution in [-0.4, -0.2) is 35.5 Å². The molecule has 0 spiro atoms. The molecule has 1 aliphatic rings. The average molecular weight is 187 g/mol. The Bertz CT molecular complexity index is 129. The van der Waals surface area contributed by atoms with E-state index in [-0.39, 0.29) is 6.10 Å². The maximum atomic E-state index is 9.31. The van der Waals surface area contributed by atoms with Gasteiger partial charge in [0.15, 0.2) is 0 Å². The summed E-state index contributed by atoms with van der Waals surface area (Å²) in [5, 5.41) is 11.3. The fourth-order valence-corrected chi connectivity index (χ4v) is 1.73. The molecule has 0 heterocycles. The second kappa shape index (κ2) is 5.58. The van der Waals surface area contributed by atoms with Crippen LogP contribution < -0.4 is 0 Å². The van der Waals surface area contributed by atoms with Gasteiger partial charge in [-0.05, 0) is 25.7 Å². The van der Waals surface area contributed by atoms with Crippen molar-refractivity contribution in [3.8, 4) is 0 Å². The molecule has 0 aromatic heterocycles. The lowest BCUT2D eigenvalue weighted by atomic mass is 9.95. The zero-order chi connectivity index (χ0) is 9.68. The molecule has 0 aromatic rings. The molecule has 1 aliphatic carbocycles. The van der Waals surface area contributed by atoms with E-state index in [1.165, 1.54) is 0 Å². The van der Waals surface area contributed by atoms with Gasteiger partial charge in [-0.2, -0.15) is 5.06 Å². The first-order valence-corrected chi connectivity index (χ1v) is 5.36. The highest BCUT2D eigenvalue weighted by Crippen LogP contribution is 2.21. The molecule has 0 aromatic carbocycles. The van der Waals surface area contributed by atoms with E-state index in [1.54, 1.807) is 0 Å². The highest BCUT2D eigenvalue weighted by Gasteiger charge is 2.21. The standard InChI is InChI=1S/C10H21NO2/c1-3-11(4-2)13-10-7-5-9(12)6-8-10/h9-10,12H,3-8H2,1-2H3. The van der Waals surface area contributed by atoms with E-state index in [2.05, 4.69) is 13.8 Å². The first-order chi connectivity index (χ1) is 6.26. The largest absolute Gasteiger partial charge is 0.393 e. The molecule has 0 saturated heterocycles. The summed E-state index contributed by atoms with van der Waals surface area (Å²) in [6.45, 7) is 6.08. The molecule has 1 rings (SSSR count).